The smallest absolute Gasteiger partial charge is 0.422 e. The highest BCUT2D eigenvalue weighted by molar-refractivity contribution is 14.0. The molecule has 0 spiro atoms. The summed E-state index contributed by atoms with van der Waals surface area (Å²) >= 11 is 0. The van der Waals surface area contributed by atoms with Crippen molar-refractivity contribution in [2.45, 2.75) is 46.0 Å². The Morgan fingerprint density at radius 2 is 1.93 bits per heavy atom. The Labute approximate surface area is 182 Å². The number of nitrogens with zero attached hydrogens (tertiary/aromatic N) is 1. The van der Waals surface area contributed by atoms with E-state index < -0.39 is 12.8 Å². The molecule has 28 heavy (non-hydrogen) atoms. The van der Waals surface area contributed by atoms with Crippen LogP contribution in [-0.2, 0) is 11.3 Å². The van der Waals surface area contributed by atoms with Crippen LogP contribution >= 0.6 is 24.0 Å². The Hall–Kier alpha value is -1.23. The number of alkyl halides is 3. The lowest BCUT2D eigenvalue weighted by atomic mass is 10.0. The third-order valence-electron chi connectivity index (χ3n) is 3.83. The van der Waals surface area contributed by atoms with Gasteiger partial charge in [-0.25, -0.2) is 0 Å². The maximum atomic E-state index is 12.2. The van der Waals surface area contributed by atoms with E-state index in [2.05, 4.69) is 29.5 Å². The number of benzene rings is 1. The van der Waals surface area contributed by atoms with Crippen molar-refractivity contribution in [2.75, 3.05) is 26.8 Å². The largest absolute Gasteiger partial charge is 0.484 e. The van der Waals surface area contributed by atoms with Crippen LogP contribution < -0.4 is 15.4 Å². The molecule has 0 aliphatic carbocycles. The second kappa shape index (κ2) is 13.9. The normalized spacial score (nSPS) is 13.1. The molecule has 0 amide bonds. The lowest BCUT2D eigenvalue weighted by Crippen LogP contribution is -2.38. The third-order valence-corrected chi connectivity index (χ3v) is 3.83. The van der Waals surface area contributed by atoms with Gasteiger partial charge in [0.2, 0.25) is 0 Å². The average molecular weight is 517 g/mol. The summed E-state index contributed by atoms with van der Waals surface area (Å²) in [5, 5.41) is 6.36. The van der Waals surface area contributed by atoms with Crippen molar-refractivity contribution in [2.24, 2.45) is 10.9 Å². The fourth-order valence-electron chi connectivity index (χ4n) is 2.47. The van der Waals surface area contributed by atoms with E-state index in [0.29, 0.717) is 31.6 Å². The first-order chi connectivity index (χ1) is 12.7. The van der Waals surface area contributed by atoms with Gasteiger partial charge >= 0.3 is 6.18 Å². The molecule has 0 radical (unpaired) electrons. The Kier molecular flexibility index (Phi) is 13.3. The van der Waals surface area contributed by atoms with E-state index in [-0.39, 0.29) is 35.8 Å². The SMILES string of the molecule is CCOC(CCNC(=NC)NCc1cccc(OCC(F)(F)F)c1)C(C)C.I. The minimum Gasteiger partial charge on any atom is -0.484 e. The van der Waals surface area contributed by atoms with Crippen molar-refractivity contribution in [1.82, 2.24) is 10.6 Å². The second-order valence-electron chi connectivity index (χ2n) is 6.43. The lowest BCUT2D eigenvalue weighted by Gasteiger charge is -2.21. The number of guanidine groups is 1. The standard InChI is InChI=1S/C19H30F3N3O2.HI/c1-5-26-17(14(2)3)9-10-24-18(23-4)25-12-15-7-6-8-16(11-15)27-13-19(20,21)22;/h6-8,11,14,17H,5,9-10,12-13H2,1-4H3,(H2,23,24,25);1H. The van der Waals surface area contributed by atoms with Crippen LogP contribution in [0, 0.1) is 5.92 Å². The maximum Gasteiger partial charge on any atom is 0.422 e. The van der Waals surface area contributed by atoms with E-state index in [9.17, 15) is 13.2 Å². The van der Waals surface area contributed by atoms with Gasteiger partial charge in [-0.1, -0.05) is 26.0 Å². The molecular formula is C19H31F3IN3O2. The fourth-order valence-corrected chi connectivity index (χ4v) is 2.47. The molecule has 1 unspecified atom stereocenters. The van der Waals surface area contributed by atoms with Crippen molar-refractivity contribution in [3.63, 3.8) is 0 Å². The van der Waals surface area contributed by atoms with Crippen LogP contribution in [0.4, 0.5) is 13.2 Å². The van der Waals surface area contributed by atoms with Gasteiger partial charge in [0.15, 0.2) is 12.6 Å². The van der Waals surface area contributed by atoms with Crippen LogP contribution in [0.15, 0.2) is 29.3 Å². The number of rotatable bonds is 10. The van der Waals surface area contributed by atoms with Crippen LogP contribution in [-0.4, -0.2) is 45.0 Å². The van der Waals surface area contributed by atoms with Gasteiger partial charge in [0.1, 0.15) is 5.75 Å². The molecule has 2 N–H and O–H groups in total. The van der Waals surface area contributed by atoms with Crippen molar-refractivity contribution in [1.29, 1.82) is 0 Å². The van der Waals surface area contributed by atoms with Gasteiger partial charge < -0.3 is 20.1 Å². The highest BCUT2D eigenvalue weighted by Gasteiger charge is 2.28. The molecule has 162 valence electrons. The van der Waals surface area contributed by atoms with Crippen molar-refractivity contribution in [3.8, 4) is 5.75 Å². The second-order valence-corrected chi connectivity index (χ2v) is 6.43. The van der Waals surface area contributed by atoms with Crippen LogP contribution in [0.1, 0.15) is 32.8 Å². The van der Waals surface area contributed by atoms with E-state index >= 15 is 0 Å². The summed E-state index contributed by atoms with van der Waals surface area (Å²) in [5.74, 6) is 1.24. The molecule has 0 saturated carbocycles. The van der Waals surface area contributed by atoms with Gasteiger partial charge in [0.05, 0.1) is 6.10 Å². The highest BCUT2D eigenvalue weighted by atomic mass is 127. The Morgan fingerprint density at radius 1 is 1.21 bits per heavy atom. The molecule has 0 aliphatic rings. The zero-order valence-electron chi connectivity index (χ0n) is 16.8. The van der Waals surface area contributed by atoms with E-state index in [0.717, 1.165) is 12.0 Å². The molecule has 1 atom stereocenters. The van der Waals surface area contributed by atoms with Gasteiger partial charge in [-0.05, 0) is 37.0 Å². The van der Waals surface area contributed by atoms with E-state index in [1.807, 2.05) is 13.0 Å². The number of hydrogen-bond acceptors (Lipinski definition) is 3. The van der Waals surface area contributed by atoms with E-state index in [4.69, 9.17) is 9.47 Å². The third kappa shape index (κ3) is 11.6. The minimum atomic E-state index is -4.35. The summed E-state index contributed by atoms with van der Waals surface area (Å²) in [4.78, 5) is 4.16. The summed E-state index contributed by atoms with van der Waals surface area (Å²) in [6.45, 7) is 6.74. The summed E-state index contributed by atoms with van der Waals surface area (Å²) in [6, 6.07) is 6.55. The first kappa shape index (κ1) is 26.8. The van der Waals surface area contributed by atoms with Crippen LogP contribution in [0.2, 0.25) is 0 Å². The zero-order valence-corrected chi connectivity index (χ0v) is 19.1. The Bertz CT molecular complexity index is 584. The first-order valence-corrected chi connectivity index (χ1v) is 9.09. The highest BCUT2D eigenvalue weighted by Crippen LogP contribution is 2.19. The number of ether oxygens (including phenoxy) is 2. The molecule has 1 rings (SSSR count). The molecular weight excluding hydrogens is 486 g/mol. The molecule has 0 aliphatic heterocycles. The summed E-state index contributed by atoms with van der Waals surface area (Å²) in [7, 11) is 1.67. The topological polar surface area (TPSA) is 54.9 Å². The Morgan fingerprint density at radius 3 is 2.50 bits per heavy atom. The zero-order chi connectivity index (χ0) is 20.3. The molecule has 0 aromatic heterocycles. The van der Waals surface area contributed by atoms with E-state index in [1.165, 1.54) is 6.07 Å². The molecule has 9 heteroatoms. The molecule has 1 aromatic carbocycles. The van der Waals surface area contributed by atoms with Gasteiger partial charge in [0.25, 0.3) is 0 Å². The number of nitrogens with one attached hydrogen (secondary N) is 2. The summed E-state index contributed by atoms with van der Waals surface area (Å²) in [5.41, 5.74) is 0.798. The first-order valence-electron chi connectivity index (χ1n) is 9.09. The number of halogens is 4. The van der Waals surface area contributed by atoms with E-state index in [1.54, 1.807) is 19.2 Å². The fraction of sp³-hybridized carbons (Fsp3) is 0.632. The predicted molar refractivity (Wildman–Crippen MR) is 116 cm³/mol. The average Bonchev–Trinajstić information content (AvgIpc) is 2.61. The van der Waals surface area contributed by atoms with Crippen LogP contribution in [0.3, 0.4) is 0 Å². The van der Waals surface area contributed by atoms with Crippen molar-refractivity contribution >= 4 is 29.9 Å². The van der Waals surface area contributed by atoms with Gasteiger partial charge in [-0.2, -0.15) is 13.2 Å². The number of hydrogen-bond donors (Lipinski definition) is 2. The van der Waals surface area contributed by atoms with Crippen LogP contribution in [0.25, 0.3) is 0 Å². The van der Waals surface area contributed by atoms with Crippen molar-refractivity contribution < 1.29 is 22.6 Å². The maximum absolute atomic E-state index is 12.2. The van der Waals surface area contributed by atoms with Gasteiger partial charge in [-0.15, -0.1) is 24.0 Å². The van der Waals surface area contributed by atoms with Crippen LogP contribution in [0.5, 0.6) is 5.75 Å². The molecule has 1 aromatic rings. The molecule has 5 nitrogen and oxygen atoms in total. The molecule has 0 saturated heterocycles. The molecule has 0 bridgehead atoms. The molecule has 0 fully saturated rings. The minimum absolute atomic E-state index is 0. The van der Waals surface area contributed by atoms with Crippen molar-refractivity contribution in [3.05, 3.63) is 29.8 Å². The predicted octanol–water partition coefficient (Wildman–Crippen LogP) is 4.36. The summed E-state index contributed by atoms with van der Waals surface area (Å²) < 4.78 is 47.2. The van der Waals surface area contributed by atoms with Gasteiger partial charge in [-0.3, -0.25) is 4.99 Å². The molecule has 0 heterocycles. The lowest BCUT2D eigenvalue weighted by molar-refractivity contribution is -0.153. The summed E-state index contributed by atoms with van der Waals surface area (Å²) in [6.07, 6.45) is -3.31. The Balaban J connectivity index is 0.00000729. The quantitative estimate of drug-likeness (QED) is 0.275. The number of aliphatic imine (C=N–C) groups is 1. The van der Waals surface area contributed by atoms with Gasteiger partial charge in [0, 0.05) is 26.7 Å². The monoisotopic (exact) mass is 517 g/mol.